The van der Waals surface area contributed by atoms with E-state index < -0.39 is 0 Å². The predicted octanol–water partition coefficient (Wildman–Crippen LogP) is 4.10. The molecule has 1 amide bonds. The summed E-state index contributed by atoms with van der Waals surface area (Å²) >= 11 is 1.66. The molecule has 134 valence electrons. The summed E-state index contributed by atoms with van der Waals surface area (Å²) < 4.78 is 0. The van der Waals surface area contributed by atoms with Crippen LogP contribution < -0.4 is 4.90 Å². The maximum atomic E-state index is 12.8. The Kier molecular flexibility index (Phi) is 5.32. The molecule has 1 atom stereocenters. The smallest absolute Gasteiger partial charge is 0.254 e. The molecule has 2 aromatic heterocycles. The Bertz CT molecular complexity index is 875. The molecule has 1 aromatic carbocycles. The molecule has 0 unspecified atom stereocenters. The van der Waals surface area contributed by atoms with Crippen molar-refractivity contribution >= 4 is 23.1 Å². The van der Waals surface area contributed by atoms with Crippen molar-refractivity contribution in [3.8, 4) is 11.3 Å². The van der Waals surface area contributed by atoms with Crippen LogP contribution >= 0.6 is 11.3 Å². The summed E-state index contributed by atoms with van der Waals surface area (Å²) in [5, 5.41) is 2.03. The van der Waals surface area contributed by atoms with E-state index in [-0.39, 0.29) is 11.9 Å². The van der Waals surface area contributed by atoms with E-state index in [4.69, 9.17) is 0 Å². The second-order valence-electron chi connectivity index (χ2n) is 6.34. The van der Waals surface area contributed by atoms with E-state index in [0.717, 1.165) is 17.1 Å². The average molecular weight is 366 g/mol. The van der Waals surface area contributed by atoms with Gasteiger partial charge in [-0.25, -0.2) is 9.97 Å². The van der Waals surface area contributed by atoms with Crippen LogP contribution in [0.1, 0.15) is 28.2 Å². The minimum atomic E-state index is 0.00844. The number of hydrogen-bond acceptors (Lipinski definition) is 5. The van der Waals surface area contributed by atoms with Gasteiger partial charge < -0.3 is 9.80 Å². The quantitative estimate of drug-likeness (QED) is 0.682. The molecule has 26 heavy (non-hydrogen) atoms. The number of benzene rings is 1. The molecule has 6 heteroatoms. The standard InChI is InChI=1S/C20H22N4OS/c1-14(18-6-5-11-26-18)24(4)20(25)16-9-7-15(8-10-16)17-12-19(23(2)3)22-13-21-17/h5-14H,1-4H3/t14-/m0/s1. The molecule has 0 aliphatic rings. The zero-order valence-corrected chi connectivity index (χ0v) is 16.2. The third-order valence-electron chi connectivity index (χ3n) is 4.39. The number of carbonyl (C=O) groups is 1. The summed E-state index contributed by atoms with van der Waals surface area (Å²) in [4.78, 5) is 26.2. The SMILES string of the molecule is C[C@@H](c1cccs1)N(C)C(=O)c1ccc(-c2cc(N(C)C)ncn2)cc1. The van der Waals surface area contributed by atoms with Gasteiger partial charge in [0.2, 0.25) is 0 Å². The number of rotatable bonds is 5. The highest BCUT2D eigenvalue weighted by Gasteiger charge is 2.19. The van der Waals surface area contributed by atoms with Crippen molar-refractivity contribution in [3.05, 3.63) is 64.6 Å². The lowest BCUT2D eigenvalue weighted by molar-refractivity contribution is 0.0745. The molecular weight excluding hydrogens is 344 g/mol. The van der Waals surface area contributed by atoms with Gasteiger partial charge in [0, 0.05) is 43.2 Å². The summed E-state index contributed by atoms with van der Waals surface area (Å²) in [7, 11) is 5.73. The second kappa shape index (κ2) is 7.66. The molecule has 0 saturated carbocycles. The van der Waals surface area contributed by atoms with Crippen molar-refractivity contribution in [2.24, 2.45) is 0 Å². The molecule has 2 heterocycles. The zero-order valence-electron chi connectivity index (χ0n) is 15.4. The van der Waals surface area contributed by atoms with Crippen LogP contribution in [0.3, 0.4) is 0 Å². The van der Waals surface area contributed by atoms with Crippen LogP contribution in [0, 0.1) is 0 Å². The van der Waals surface area contributed by atoms with E-state index in [9.17, 15) is 4.79 Å². The Labute approximate surface area is 157 Å². The molecule has 0 aliphatic heterocycles. The number of anilines is 1. The molecule has 0 bridgehead atoms. The average Bonchev–Trinajstić information content (AvgIpc) is 3.21. The highest BCUT2D eigenvalue weighted by molar-refractivity contribution is 7.10. The monoisotopic (exact) mass is 366 g/mol. The third kappa shape index (κ3) is 3.75. The van der Waals surface area contributed by atoms with Crippen molar-refractivity contribution in [3.63, 3.8) is 0 Å². The van der Waals surface area contributed by atoms with E-state index in [1.165, 1.54) is 4.88 Å². The number of amides is 1. The molecule has 0 fully saturated rings. The summed E-state index contributed by atoms with van der Waals surface area (Å²) in [5.41, 5.74) is 2.46. The van der Waals surface area contributed by atoms with Gasteiger partial charge in [0.15, 0.2) is 0 Å². The summed E-state index contributed by atoms with van der Waals surface area (Å²) in [6.45, 7) is 2.04. The van der Waals surface area contributed by atoms with E-state index >= 15 is 0 Å². The van der Waals surface area contributed by atoms with E-state index in [1.54, 1.807) is 22.6 Å². The van der Waals surface area contributed by atoms with Crippen molar-refractivity contribution in [1.29, 1.82) is 0 Å². The molecule has 0 aliphatic carbocycles. The van der Waals surface area contributed by atoms with Gasteiger partial charge >= 0.3 is 0 Å². The zero-order chi connectivity index (χ0) is 18.7. The first-order chi connectivity index (χ1) is 12.5. The highest BCUT2D eigenvalue weighted by Crippen LogP contribution is 2.26. The highest BCUT2D eigenvalue weighted by atomic mass is 32.1. The van der Waals surface area contributed by atoms with E-state index in [1.807, 2.05) is 74.7 Å². The molecule has 3 rings (SSSR count). The molecular formula is C20H22N4OS. The minimum Gasteiger partial charge on any atom is -0.363 e. The van der Waals surface area contributed by atoms with Crippen LogP contribution in [0.15, 0.2) is 54.2 Å². The first-order valence-corrected chi connectivity index (χ1v) is 9.25. The van der Waals surface area contributed by atoms with Gasteiger partial charge in [-0.2, -0.15) is 0 Å². The maximum absolute atomic E-state index is 12.8. The first kappa shape index (κ1) is 18.1. The Morgan fingerprint density at radius 3 is 2.42 bits per heavy atom. The lowest BCUT2D eigenvalue weighted by atomic mass is 10.1. The first-order valence-electron chi connectivity index (χ1n) is 8.37. The van der Waals surface area contributed by atoms with Gasteiger partial charge in [-0.05, 0) is 30.5 Å². The fourth-order valence-corrected chi connectivity index (χ4v) is 3.46. The van der Waals surface area contributed by atoms with E-state index in [0.29, 0.717) is 5.56 Å². The maximum Gasteiger partial charge on any atom is 0.254 e. The Morgan fingerprint density at radius 2 is 1.81 bits per heavy atom. The second-order valence-corrected chi connectivity index (χ2v) is 7.32. The van der Waals surface area contributed by atoms with Crippen molar-refractivity contribution in [2.45, 2.75) is 13.0 Å². The van der Waals surface area contributed by atoms with Gasteiger partial charge in [0.05, 0.1) is 11.7 Å². The molecule has 0 radical (unpaired) electrons. The lowest BCUT2D eigenvalue weighted by Gasteiger charge is -2.24. The van der Waals surface area contributed by atoms with Gasteiger partial charge in [-0.1, -0.05) is 18.2 Å². The largest absolute Gasteiger partial charge is 0.363 e. The van der Waals surface area contributed by atoms with Crippen LogP contribution in [-0.4, -0.2) is 41.9 Å². The normalized spacial score (nSPS) is 11.8. The van der Waals surface area contributed by atoms with Crippen LogP contribution in [0.25, 0.3) is 11.3 Å². The van der Waals surface area contributed by atoms with Gasteiger partial charge in [0.25, 0.3) is 5.91 Å². The fraction of sp³-hybridized carbons (Fsp3) is 0.250. The fourth-order valence-electron chi connectivity index (χ4n) is 2.63. The number of nitrogens with zero attached hydrogens (tertiary/aromatic N) is 4. The topological polar surface area (TPSA) is 49.3 Å². The predicted molar refractivity (Wildman–Crippen MR) is 107 cm³/mol. The van der Waals surface area contributed by atoms with Gasteiger partial charge in [-0.3, -0.25) is 4.79 Å². The van der Waals surface area contributed by atoms with Gasteiger partial charge in [0.1, 0.15) is 12.1 Å². The van der Waals surface area contributed by atoms with Crippen LogP contribution in [-0.2, 0) is 0 Å². The molecule has 5 nitrogen and oxygen atoms in total. The number of aromatic nitrogens is 2. The Hall–Kier alpha value is -2.73. The number of carbonyl (C=O) groups excluding carboxylic acids is 1. The summed E-state index contributed by atoms with van der Waals surface area (Å²) in [5.74, 6) is 0.855. The molecule has 3 aromatic rings. The molecule has 0 N–H and O–H groups in total. The lowest BCUT2D eigenvalue weighted by Crippen LogP contribution is -2.29. The summed E-state index contributed by atoms with van der Waals surface area (Å²) in [6.07, 6.45) is 1.56. The number of hydrogen-bond donors (Lipinski definition) is 0. The number of thiophene rings is 1. The molecule has 0 saturated heterocycles. The van der Waals surface area contributed by atoms with Gasteiger partial charge in [-0.15, -0.1) is 11.3 Å². The van der Waals surface area contributed by atoms with Crippen molar-refractivity contribution < 1.29 is 4.79 Å². The van der Waals surface area contributed by atoms with Crippen LogP contribution in [0.5, 0.6) is 0 Å². The Balaban J connectivity index is 1.79. The van der Waals surface area contributed by atoms with Crippen molar-refractivity contribution in [2.75, 3.05) is 26.0 Å². The van der Waals surface area contributed by atoms with Crippen LogP contribution in [0.4, 0.5) is 5.82 Å². The third-order valence-corrected chi connectivity index (χ3v) is 5.44. The minimum absolute atomic E-state index is 0.00844. The Morgan fingerprint density at radius 1 is 1.08 bits per heavy atom. The van der Waals surface area contributed by atoms with Crippen molar-refractivity contribution in [1.82, 2.24) is 14.9 Å². The summed E-state index contributed by atoms with van der Waals surface area (Å²) in [6, 6.07) is 13.6. The molecule has 0 spiro atoms. The van der Waals surface area contributed by atoms with Crippen LogP contribution in [0.2, 0.25) is 0 Å². The van der Waals surface area contributed by atoms with E-state index in [2.05, 4.69) is 16.0 Å².